The van der Waals surface area contributed by atoms with Gasteiger partial charge in [0.2, 0.25) is 0 Å². The number of nitrogens with zero attached hydrogens (tertiary/aromatic N) is 2. The zero-order chi connectivity index (χ0) is 13.1. The second-order valence-electron chi connectivity index (χ2n) is 4.72. The van der Waals surface area contributed by atoms with E-state index in [1.54, 1.807) is 0 Å². The molecule has 96 valence electrons. The molecule has 0 atom stereocenters. The van der Waals surface area contributed by atoms with E-state index in [4.69, 9.17) is 23.8 Å². The van der Waals surface area contributed by atoms with Crippen molar-refractivity contribution in [3.8, 4) is 0 Å². The van der Waals surface area contributed by atoms with Crippen molar-refractivity contribution < 1.29 is 0 Å². The number of hydrogen-bond acceptors (Lipinski definition) is 2. The first-order chi connectivity index (χ1) is 8.58. The van der Waals surface area contributed by atoms with E-state index in [0.29, 0.717) is 17.1 Å². The Morgan fingerprint density at radius 2 is 2.11 bits per heavy atom. The maximum atomic E-state index is 6.17. The van der Waals surface area contributed by atoms with Crippen LogP contribution in [0, 0.1) is 10.7 Å². The Hall–Kier alpha value is -1.13. The maximum absolute atomic E-state index is 6.17. The van der Waals surface area contributed by atoms with Gasteiger partial charge in [0.1, 0.15) is 5.82 Å². The SMILES string of the molecule is CC(C)Cn1c(Cc2ccccc2Cl)n[nH]c1=S. The first-order valence-corrected chi connectivity index (χ1v) is 6.74. The normalized spacial score (nSPS) is 11.1. The second-order valence-corrected chi connectivity index (χ2v) is 5.51. The van der Waals surface area contributed by atoms with Gasteiger partial charge in [-0.05, 0) is 29.8 Å². The minimum atomic E-state index is 0.527. The highest BCUT2D eigenvalue weighted by Crippen LogP contribution is 2.18. The standard InChI is InChI=1S/C13H16ClN3S/c1-9(2)8-17-12(15-16-13(17)18)7-10-5-3-4-6-11(10)14/h3-6,9H,7-8H2,1-2H3,(H,16,18). The molecule has 2 rings (SSSR count). The molecule has 0 aliphatic rings. The van der Waals surface area contributed by atoms with Crippen LogP contribution < -0.4 is 0 Å². The van der Waals surface area contributed by atoms with Gasteiger partial charge >= 0.3 is 0 Å². The Kier molecular flexibility index (Phi) is 4.19. The summed E-state index contributed by atoms with van der Waals surface area (Å²) in [7, 11) is 0. The van der Waals surface area contributed by atoms with Gasteiger partial charge in [-0.3, -0.25) is 5.10 Å². The lowest BCUT2D eigenvalue weighted by Gasteiger charge is -2.09. The topological polar surface area (TPSA) is 33.6 Å². The van der Waals surface area contributed by atoms with Crippen LogP contribution in [0.15, 0.2) is 24.3 Å². The minimum Gasteiger partial charge on any atom is -0.304 e. The van der Waals surface area contributed by atoms with Crippen LogP contribution in [0.2, 0.25) is 5.02 Å². The zero-order valence-electron chi connectivity index (χ0n) is 10.5. The van der Waals surface area contributed by atoms with E-state index < -0.39 is 0 Å². The molecule has 3 nitrogen and oxygen atoms in total. The number of aromatic amines is 1. The van der Waals surface area contributed by atoms with Crippen molar-refractivity contribution >= 4 is 23.8 Å². The maximum Gasteiger partial charge on any atom is 0.195 e. The number of hydrogen-bond donors (Lipinski definition) is 1. The summed E-state index contributed by atoms with van der Waals surface area (Å²) in [6.45, 7) is 5.19. The van der Waals surface area contributed by atoms with Crippen LogP contribution >= 0.6 is 23.8 Å². The highest BCUT2D eigenvalue weighted by Gasteiger charge is 2.10. The summed E-state index contributed by atoms with van der Waals surface area (Å²) in [6.07, 6.45) is 0.694. The average molecular weight is 282 g/mol. The molecule has 0 radical (unpaired) electrons. The fraction of sp³-hybridized carbons (Fsp3) is 0.385. The summed E-state index contributed by atoms with van der Waals surface area (Å²) in [5.41, 5.74) is 1.07. The highest BCUT2D eigenvalue weighted by molar-refractivity contribution is 7.71. The molecule has 2 aromatic rings. The van der Waals surface area contributed by atoms with Crippen LogP contribution in [0.25, 0.3) is 0 Å². The molecule has 18 heavy (non-hydrogen) atoms. The van der Waals surface area contributed by atoms with Crippen LogP contribution in [0.4, 0.5) is 0 Å². The van der Waals surface area contributed by atoms with E-state index in [-0.39, 0.29) is 0 Å². The van der Waals surface area contributed by atoms with Gasteiger partial charge in [0.05, 0.1) is 0 Å². The van der Waals surface area contributed by atoms with E-state index >= 15 is 0 Å². The molecule has 1 aromatic heterocycles. The van der Waals surface area contributed by atoms with Crippen LogP contribution in [-0.4, -0.2) is 14.8 Å². The van der Waals surface area contributed by atoms with Gasteiger partial charge in [0.25, 0.3) is 0 Å². The lowest BCUT2D eigenvalue weighted by molar-refractivity contribution is 0.505. The number of halogens is 1. The summed E-state index contributed by atoms with van der Waals surface area (Å²) in [4.78, 5) is 0. The Bertz CT molecular complexity index is 586. The first-order valence-electron chi connectivity index (χ1n) is 5.95. The molecule has 0 amide bonds. The van der Waals surface area contributed by atoms with Gasteiger partial charge in [-0.1, -0.05) is 43.6 Å². The fourth-order valence-electron chi connectivity index (χ4n) is 1.85. The smallest absolute Gasteiger partial charge is 0.195 e. The van der Waals surface area contributed by atoms with Crippen molar-refractivity contribution in [2.45, 2.75) is 26.8 Å². The first kappa shape index (κ1) is 13.3. The third-order valence-electron chi connectivity index (χ3n) is 2.69. The summed E-state index contributed by atoms with van der Waals surface area (Å²) >= 11 is 11.4. The molecule has 0 fully saturated rings. The Morgan fingerprint density at radius 1 is 1.39 bits per heavy atom. The van der Waals surface area contributed by atoms with Crippen LogP contribution in [0.3, 0.4) is 0 Å². The highest BCUT2D eigenvalue weighted by atomic mass is 35.5. The van der Waals surface area contributed by atoms with E-state index in [2.05, 4.69) is 24.0 Å². The Balaban J connectivity index is 2.30. The van der Waals surface area contributed by atoms with Crippen LogP contribution in [0.5, 0.6) is 0 Å². The molecule has 0 aliphatic heterocycles. The van der Waals surface area contributed by atoms with Crippen molar-refractivity contribution in [1.29, 1.82) is 0 Å². The van der Waals surface area contributed by atoms with Gasteiger partial charge in [0, 0.05) is 18.0 Å². The molecule has 0 unspecified atom stereocenters. The minimum absolute atomic E-state index is 0.527. The quantitative estimate of drug-likeness (QED) is 0.864. The fourth-order valence-corrected chi connectivity index (χ4v) is 2.28. The Morgan fingerprint density at radius 3 is 2.78 bits per heavy atom. The number of rotatable bonds is 4. The molecule has 0 bridgehead atoms. The molecule has 1 aromatic carbocycles. The van der Waals surface area contributed by atoms with Crippen molar-refractivity contribution in [3.63, 3.8) is 0 Å². The number of aromatic nitrogens is 3. The van der Waals surface area contributed by atoms with Crippen molar-refractivity contribution in [1.82, 2.24) is 14.8 Å². The van der Waals surface area contributed by atoms with E-state index in [9.17, 15) is 0 Å². The van der Waals surface area contributed by atoms with Gasteiger partial charge in [-0.25, -0.2) is 0 Å². The third-order valence-corrected chi connectivity index (χ3v) is 3.37. The van der Waals surface area contributed by atoms with Crippen molar-refractivity contribution in [3.05, 3.63) is 45.4 Å². The largest absolute Gasteiger partial charge is 0.304 e. The molecule has 0 saturated heterocycles. The molecule has 0 saturated carbocycles. The lowest BCUT2D eigenvalue weighted by Crippen LogP contribution is -2.09. The molecule has 5 heteroatoms. The molecule has 0 spiro atoms. The van der Waals surface area contributed by atoms with Gasteiger partial charge < -0.3 is 4.57 Å². The van der Waals surface area contributed by atoms with E-state index in [1.165, 1.54) is 0 Å². The van der Waals surface area contributed by atoms with Crippen molar-refractivity contribution in [2.24, 2.45) is 5.92 Å². The van der Waals surface area contributed by atoms with Crippen LogP contribution in [0.1, 0.15) is 25.2 Å². The predicted molar refractivity (Wildman–Crippen MR) is 76.5 cm³/mol. The van der Waals surface area contributed by atoms with Crippen molar-refractivity contribution in [2.75, 3.05) is 0 Å². The molecular weight excluding hydrogens is 266 g/mol. The number of H-pyrrole nitrogens is 1. The Labute approximate surface area is 117 Å². The monoisotopic (exact) mass is 281 g/mol. The number of nitrogens with one attached hydrogen (secondary N) is 1. The van der Waals surface area contributed by atoms with E-state index in [1.807, 2.05) is 28.8 Å². The summed E-state index contributed by atoms with van der Waals surface area (Å²) in [6, 6.07) is 7.82. The van der Waals surface area contributed by atoms with Gasteiger partial charge in [0.15, 0.2) is 4.77 Å². The zero-order valence-corrected chi connectivity index (χ0v) is 12.1. The molecule has 1 heterocycles. The van der Waals surface area contributed by atoms with Gasteiger partial charge in [-0.15, -0.1) is 0 Å². The summed E-state index contributed by atoms with van der Waals surface area (Å²) in [5, 5.41) is 7.91. The third kappa shape index (κ3) is 3.00. The average Bonchev–Trinajstić information content (AvgIpc) is 2.64. The second kappa shape index (κ2) is 5.67. The molecule has 1 N–H and O–H groups in total. The van der Waals surface area contributed by atoms with Crippen LogP contribution in [-0.2, 0) is 13.0 Å². The predicted octanol–water partition coefficient (Wildman–Crippen LogP) is 3.84. The number of benzene rings is 1. The summed E-state index contributed by atoms with van der Waals surface area (Å²) < 4.78 is 2.72. The molecule has 0 aliphatic carbocycles. The lowest BCUT2D eigenvalue weighted by atomic mass is 10.1. The summed E-state index contributed by atoms with van der Waals surface area (Å²) in [5.74, 6) is 1.46. The molecular formula is C13H16ClN3S. The van der Waals surface area contributed by atoms with E-state index in [0.717, 1.165) is 23.0 Å². The van der Waals surface area contributed by atoms with Gasteiger partial charge in [-0.2, -0.15) is 5.10 Å².